The van der Waals surface area contributed by atoms with Crippen LogP contribution >= 0.6 is 0 Å². The van der Waals surface area contributed by atoms with Crippen molar-refractivity contribution in [2.75, 3.05) is 13.2 Å². The molecule has 6 nitrogen and oxygen atoms in total. The number of rotatable bonds is 4. The lowest BCUT2D eigenvalue weighted by molar-refractivity contribution is 0.0857. The van der Waals surface area contributed by atoms with E-state index in [0.717, 1.165) is 30.5 Å². The third kappa shape index (κ3) is 2.90. The van der Waals surface area contributed by atoms with Crippen molar-refractivity contribution in [3.63, 3.8) is 0 Å². The lowest BCUT2D eigenvalue weighted by Gasteiger charge is -2.11. The topological polar surface area (TPSA) is 69.0 Å². The lowest BCUT2D eigenvalue weighted by Crippen LogP contribution is -2.31. The van der Waals surface area contributed by atoms with Crippen LogP contribution in [0, 0.1) is 0 Å². The normalized spacial score (nSPS) is 18.5. The molecule has 1 aliphatic heterocycles. The van der Waals surface area contributed by atoms with Crippen LogP contribution in [0.25, 0.3) is 11.0 Å². The van der Waals surface area contributed by atoms with Gasteiger partial charge in [-0.25, -0.2) is 9.67 Å². The summed E-state index contributed by atoms with van der Waals surface area (Å²) in [6.07, 6.45) is 5.59. The smallest absolute Gasteiger partial charge is 0.252 e. The number of nitrogens with one attached hydrogen (secondary N) is 1. The van der Waals surface area contributed by atoms with E-state index in [9.17, 15) is 4.79 Å². The highest BCUT2D eigenvalue weighted by Crippen LogP contribution is 2.17. The van der Waals surface area contributed by atoms with E-state index >= 15 is 0 Å². The second-order valence-electron chi connectivity index (χ2n) is 5.66. The van der Waals surface area contributed by atoms with Crippen molar-refractivity contribution in [3.8, 4) is 0 Å². The molecule has 1 amide bonds. The first kappa shape index (κ1) is 14.0. The molecule has 6 heteroatoms. The number of nitrogens with zero attached hydrogens (tertiary/aromatic N) is 3. The molecule has 2 aromatic heterocycles. The van der Waals surface area contributed by atoms with Gasteiger partial charge in [-0.2, -0.15) is 5.10 Å². The van der Waals surface area contributed by atoms with Gasteiger partial charge in [0.15, 0.2) is 5.65 Å². The van der Waals surface area contributed by atoms with Crippen LogP contribution in [-0.4, -0.2) is 39.9 Å². The molecule has 0 saturated carbocycles. The maximum atomic E-state index is 12.2. The maximum Gasteiger partial charge on any atom is 0.252 e. The molecule has 1 aliphatic rings. The molecule has 0 aliphatic carbocycles. The van der Waals surface area contributed by atoms with Crippen molar-refractivity contribution in [1.82, 2.24) is 20.1 Å². The van der Waals surface area contributed by atoms with Crippen molar-refractivity contribution < 1.29 is 9.53 Å². The zero-order valence-electron chi connectivity index (χ0n) is 12.4. The van der Waals surface area contributed by atoms with E-state index in [-0.39, 0.29) is 18.1 Å². The molecular formula is C15H20N4O2. The van der Waals surface area contributed by atoms with Crippen molar-refractivity contribution in [3.05, 3.63) is 24.0 Å². The number of aromatic nitrogens is 3. The standard InChI is InChI=1S/C15H20N4O2/c1-10(2)19-14-11(8-18-19)6-12(7-16-14)15(20)17-9-13-4-3-5-21-13/h6-8,10,13H,3-5,9H2,1-2H3,(H,17,20)/t13-/m1/s1. The van der Waals surface area contributed by atoms with E-state index in [2.05, 4.69) is 29.2 Å². The maximum absolute atomic E-state index is 12.2. The van der Waals surface area contributed by atoms with Crippen molar-refractivity contribution >= 4 is 16.9 Å². The zero-order valence-corrected chi connectivity index (χ0v) is 12.4. The Morgan fingerprint density at radius 1 is 1.52 bits per heavy atom. The summed E-state index contributed by atoms with van der Waals surface area (Å²) in [5.74, 6) is -0.114. The highest BCUT2D eigenvalue weighted by molar-refractivity contribution is 5.96. The minimum absolute atomic E-state index is 0.114. The molecule has 112 valence electrons. The molecule has 3 heterocycles. The largest absolute Gasteiger partial charge is 0.376 e. The van der Waals surface area contributed by atoms with Crippen LogP contribution in [0.15, 0.2) is 18.5 Å². The quantitative estimate of drug-likeness (QED) is 0.933. The van der Waals surface area contributed by atoms with E-state index in [1.54, 1.807) is 12.4 Å². The van der Waals surface area contributed by atoms with Gasteiger partial charge in [0.25, 0.3) is 5.91 Å². The summed E-state index contributed by atoms with van der Waals surface area (Å²) in [4.78, 5) is 16.5. The Labute approximate surface area is 123 Å². The van der Waals surface area contributed by atoms with Gasteiger partial charge in [0, 0.05) is 30.8 Å². The van der Waals surface area contributed by atoms with E-state index in [0.29, 0.717) is 12.1 Å². The summed E-state index contributed by atoms with van der Waals surface area (Å²) in [5, 5.41) is 8.09. The predicted molar refractivity (Wildman–Crippen MR) is 79.2 cm³/mol. The molecule has 1 saturated heterocycles. The van der Waals surface area contributed by atoms with Gasteiger partial charge in [-0.05, 0) is 32.8 Å². The molecule has 0 aromatic carbocycles. The molecule has 0 bridgehead atoms. The number of hydrogen-bond acceptors (Lipinski definition) is 4. The fraction of sp³-hybridized carbons (Fsp3) is 0.533. The summed E-state index contributed by atoms with van der Waals surface area (Å²) in [7, 11) is 0. The molecule has 0 unspecified atom stereocenters. The molecule has 1 atom stereocenters. The van der Waals surface area contributed by atoms with Gasteiger partial charge < -0.3 is 10.1 Å². The number of fused-ring (bicyclic) bond motifs is 1. The van der Waals surface area contributed by atoms with Crippen molar-refractivity contribution in [1.29, 1.82) is 0 Å². The van der Waals surface area contributed by atoms with Crippen molar-refractivity contribution in [2.45, 2.75) is 38.8 Å². The van der Waals surface area contributed by atoms with Gasteiger partial charge in [-0.15, -0.1) is 0 Å². The molecule has 3 rings (SSSR count). The average molecular weight is 288 g/mol. The first-order chi connectivity index (χ1) is 10.1. The Morgan fingerprint density at radius 3 is 3.10 bits per heavy atom. The molecule has 1 fully saturated rings. The summed E-state index contributed by atoms with van der Waals surface area (Å²) in [6, 6.07) is 2.08. The monoisotopic (exact) mass is 288 g/mol. The summed E-state index contributed by atoms with van der Waals surface area (Å²) in [5.41, 5.74) is 1.37. The number of carbonyl (C=O) groups excluding carboxylic acids is 1. The van der Waals surface area contributed by atoms with Gasteiger partial charge in [0.1, 0.15) is 0 Å². The minimum Gasteiger partial charge on any atom is -0.376 e. The van der Waals surface area contributed by atoms with Gasteiger partial charge in [-0.3, -0.25) is 4.79 Å². The second-order valence-corrected chi connectivity index (χ2v) is 5.66. The van der Waals surface area contributed by atoms with Crippen LogP contribution in [-0.2, 0) is 4.74 Å². The van der Waals surface area contributed by atoms with Crippen molar-refractivity contribution in [2.24, 2.45) is 0 Å². The number of amides is 1. The Bertz CT molecular complexity index is 644. The van der Waals surface area contributed by atoms with Crippen LogP contribution in [0.3, 0.4) is 0 Å². The molecular weight excluding hydrogens is 268 g/mol. The first-order valence-electron chi connectivity index (χ1n) is 7.38. The molecule has 2 aromatic rings. The predicted octanol–water partition coefficient (Wildman–Crippen LogP) is 1.92. The van der Waals surface area contributed by atoms with Gasteiger partial charge in [0.2, 0.25) is 0 Å². The number of carbonyl (C=O) groups is 1. The Morgan fingerprint density at radius 2 is 2.38 bits per heavy atom. The molecule has 0 spiro atoms. The Balaban J connectivity index is 1.72. The van der Waals surface area contributed by atoms with Crippen LogP contribution in [0.4, 0.5) is 0 Å². The minimum atomic E-state index is -0.114. The third-order valence-corrected chi connectivity index (χ3v) is 3.70. The van der Waals surface area contributed by atoms with Gasteiger partial charge >= 0.3 is 0 Å². The number of pyridine rings is 1. The second kappa shape index (κ2) is 5.81. The summed E-state index contributed by atoms with van der Waals surface area (Å²) < 4.78 is 7.35. The SMILES string of the molecule is CC(C)n1ncc2cc(C(=O)NC[C@H]3CCCO3)cnc21. The highest BCUT2D eigenvalue weighted by atomic mass is 16.5. The van der Waals surface area contributed by atoms with E-state index in [1.807, 2.05) is 10.7 Å². The Hall–Kier alpha value is -1.95. The molecule has 21 heavy (non-hydrogen) atoms. The van der Waals surface area contributed by atoms with Gasteiger partial charge in [-0.1, -0.05) is 0 Å². The van der Waals surface area contributed by atoms with E-state index in [4.69, 9.17) is 4.74 Å². The zero-order chi connectivity index (χ0) is 14.8. The van der Waals surface area contributed by atoms with E-state index in [1.165, 1.54) is 0 Å². The van der Waals surface area contributed by atoms with Gasteiger partial charge in [0.05, 0.1) is 17.9 Å². The molecule has 1 N–H and O–H groups in total. The number of ether oxygens (including phenoxy) is 1. The van der Waals surface area contributed by atoms with Crippen LogP contribution in [0.1, 0.15) is 43.1 Å². The first-order valence-corrected chi connectivity index (χ1v) is 7.38. The van der Waals surface area contributed by atoms with Crippen LogP contribution in [0.2, 0.25) is 0 Å². The molecule has 0 radical (unpaired) electrons. The summed E-state index contributed by atoms with van der Waals surface area (Å²) in [6.45, 7) is 5.46. The van der Waals surface area contributed by atoms with Crippen LogP contribution < -0.4 is 5.32 Å². The fourth-order valence-corrected chi connectivity index (χ4v) is 2.56. The lowest BCUT2D eigenvalue weighted by atomic mass is 10.2. The van der Waals surface area contributed by atoms with Crippen LogP contribution in [0.5, 0.6) is 0 Å². The third-order valence-electron chi connectivity index (χ3n) is 3.70. The van der Waals surface area contributed by atoms with E-state index < -0.39 is 0 Å². The summed E-state index contributed by atoms with van der Waals surface area (Å²) >= 11 is 0. The highest BCUT2D eigenvalue weighted by Gasteiger charge is 2.17. The number of hydrogen-bond donors (Lipinski definition) is 1. The Kier molecular flexibility index (Phi) is 3.88. The average Bonchev–Trinajstić information content (AvgIpc) is 3.13. The fourth-order valence-electron chi connectivity index (χ4n) is 2.56.